The Morgan fingerprint density at radius 2 is 1.82 bits per heavy atom. The van der Waals surface area contributed by atoms with Crippen molar-refractivity contribution in [1.82, 2.24) is 0 Å². The van der Waals surface area contributed by atoms with Crippen LogP contribution < -0.4 is 4.90 Å². The predicted molar refractivity (Wildman–Crippen MR) is 147 cm³/mol. The van der Waals surface area contributed by atoms with Crippen molar-refractivity contribution < 1.29 is 23.9 Å². The van der Waals surface area contributed by atoms with E-state index in [1.165, 1.54) is 29.2 Å². The quantitative estimate of drug-likeness (QED) is 0.439. The van der Waals surface area contributed by atoms with E-state index in [9.17, 15) is 14.4 Å². The molecule has 0 radical (unpaired) electrons. The molecule has 4 aliphatic carbocycles. The molecule has 0 amide bonds. The van der Waals surface area contributed by atoms with Crippen LogP contribution in [0.1, 0.15) is 77.2 Å². The first-order valence-corrected chi connectivity index (χ1v) is 14.2. The number of ether oxygens (including phenoxy) is 2. The summed E-state index contributed by atoms with van der Waals surface area (Å²) in [5.74, 6) is 0.324. The lowest BCUT2D eigenvalue weighted by atomic mass is 9.50. The molecule has 2 fully saturated rings. The number of anilines is 1. The third kappa shape index (κ3) is 4.25. The van der Waals surface area contributed by atoms with E-state index in [0.29, 0.717) is 25.4 Å². The average Bonchev–Trinajstić information content (AvgIpc) is 3.18. The molecule has 204 valence electrons. The van der Waals surface area contributed by atoms with Crippen molar-refractivity contribution in [2.24, 2.45) is 17.3 Å². The first-order chi connectivity index (χ1) is 18.1. The normalized spacial score (nSPS) is 32.2. The van der Waals surface area contributed by atoms with Crippen LogP contribution in [0.2, 0.25) is 0 Å². The van der Waals surface area contributed by atoms with Crippen LogP contribution in [0.3, 0.4) is 0 Å². The first-order valence-electron chi connectivity index (χ1n) is 14.2. The summed E-state index contributed by atoms with van der Waals surface area (Å²) in [6.45, 7) is 5.88. The van der Waals surface area contributed by atoms with Crippen molar-refractivity contribution >= 4 is 23.2 Å². The number of rotatable bonds is 7. The van der Waals surface area contributed by atoms with E-state index in [4.69, 9.17) is 9.47 Å². The van der Waals surface area contributed by atoms with Gasteiger partial charge in [-0.15, -0.1) is 0 Å². The molecule has 2 saturated carbocycles. The van der Waals surface area contributed by atoms with Gasteiger partial charge in [-0.2, -0.15) is 0 Å². The van der Waals surface area contributed by atoms with Crippen LogP contribution in [0, 0.1) is 17.3 Å². The lowest BCUT2D eigenvalue weighted by Gasteiger charge is -2.55. The van der Waals surface area contributed by atoms with Crippen molar-refractivity contribution in [2.45, 2.75) is 77.2 Å². The van der Waals surface area contributed by atoms with Gasteiger partial charge in [-0.25, -0.2) is 0 Å². The minimum atomic E-state index is -1.19. The van der Waals surface area contributed by atoms with Crippen LogP contribution in [0.25, 0.3) is 0 Å². The molecule has 0 aromatic heterocycles. The number of carbonyl (C=O) groups is 3. The zero-order valence-corrected chi connectivity index (χ0v) is 23.5. The molecule has 4 aliphatic rings. The third-order valence-corrected chi connectivity index (χ3v) is 9.87. The van der Waals surface area contributed by atoms with E-state index in [0.717, 1.165) is 37.8 Å². The maximum Gasteiger partial charge on any atom is 0.303 e. The van der Waals surface area contributed by atoms with Crippen molar-refractivity contribution in [1.29, 1.82) is 0 Å². The highest BCUT2D eigenvalue weighted by Crippen LogP contribution is 2.67. The fraction of sp³-hybridized carbons (Fsp3) is 0.594. The second kappa shape index (κ2) is 10.1. The van der Waals surface area contributed by atoms with Gasteiger partial charge in [0.25, 0.3) is 0 Å². The van der Waals surface area contributed by atoms with Crippen LogP contribution in [0.15, 0.2) is 47.1 Å². The number of carbonyl (C=O) groups excluding carboxylic acids is 3. The first kappa shape index (κ1) is 26.9. The van der Waals surface area contributed by atoms with Crippen molar-refractivity contribution in [3.8, 4) is 0 Å². The molecule has 0 bridgehead atoms. The Bertz CT molecular complexity index is 1190. The number of fused-ring (bicyclic) bond motifs is 4. The molecular formula is C32H41NO5. The summed E-state index contributed by atoms with van der Waals surface area (Å²) in [5.41, 5.74) is 4.70. The van der Waals surface area contributed by atoms with Crippen molar-refractivity contribution in [3.05, 3.63) is 52.6 Å². The molecule has 0 N–H and O–H groups in total. The fourth-order valence-corrected chi connectivity index (χ4v) is 8.19. The molecule has 0 aliphatic heterocycles. The zero-order chi connectivity index (χ0) is 27.2. The topological polar surface area (TPSA) is 72.9 Å². The van der Waals surface area contributed by atoms with E-state index in [1.807, 2.05) is 27.1 Å². The zero-order valence-electron chi connectivity index (χ0n) is 23.5. The highest BCUT2D eigenvalue weighted by atomic mass is 16.6. The van der Waals surface area contributed by atoms with Gasteiger partial charge in [-0.05, 0) is 92.2 Å². The average molecular weight is 520 g/mol. The number of nitrogens with zero attached hydrogens (tertiary/aromatic N) is 1. The lowest BCUT2D eigenvalue weighted by molar-refractivity contribution is -0.185. The van der Waals surface area contributed by atoms with Gasteiger partial charge in [0.2, 0.25) is 5.78 Å². The number of hydrogen-bond donors (Lipinski definition) is 0. The van der Waals surface area contributed by atoms with Crippen molar-refractivity contribution in [3.63, 3.8) is 0 Å². The number of benzene rings is 1. The number of hydrogen-bond acceptors (Lipinski definition) is 6. The van der Waals surface area contributed by atoms with Gasteiger partial charge in [-0.3, -0.25) is 14.4 Å². The van der Waals surface area contributed by atoms with Gasteiger partial charge >= 0.3 is 5.97 Å². The molecule has 5 atom stereocenters. The van der Waals surface area contributed by atoms with Crippen LogP contribution in [-0.2, 0) is 23.9 Å². The predicted octanol–water partition coefficient (Wildman–Crippen LogP) is 5.56. The van der Waals surface area contributed by atoms with E-state index >= 15 is 0 Å². The number of esters is 1. The Hall–Kier alpha value is -2.73. The lowest BCUT2D eigenvalue weighted by Crippen LogP contribution is -2.58. The summed E-state index contributed by atoms with van der Waals surface area (Å²) in [6, 6.07) is 8.74. The summed E-state index contributed by atoms with van der Waals surface area (Å²) in [4.78, 5) is 40.7. The summed E-state index contributed by atoms with van der Waals surface area (Å²) < 4.78 is 11.7. The van der Waals surface area contributed by atoms with Gasteiger partial charge < -0.3 is 14.4 Å². The van der Waals surface area contributed by atoms with Crippen LogP contribution in [0.5, 0.6) is 0 Å². The molecule has 1 aromatic rings. The summed E-state index contributed by atoms with van der Waals surface area (Å²) >= 11 is 0. The van der Waals surface area contributed by atoms with Crippen LogP contribution in [0.4, 0.5) is 5.69 Å². The van der Waals surface area contributed by atoms with E-state index < -0.39 is 17.0 Å². The maximum absolute atomic E-state index is 13.8. The SMILES string of the molecule is CCOCC(=O)[C@@]1(OC(C)=O)CCC2C3CCC4=CC(=O)CCC4=C3[C@@H](c3ccc(N(C)C)cc3)C[C@@]21C. The highest BCUT2D eigenvalue weighted by molar-refractivity contribution is 5.93. The molecule has 38 heavy (non-hydrogen) atoms. The molecule has 1 aromatic carbocycles. The number of allylic oxidation sites excluding steroid dienone is 4. The monoisotopic (exact) mass is 519 g/mol. The molecule has 0 saturated heterocycles. The molecule has 0 spiro atoms. The minimum absolute atomic E-state index is 0.0398. The Kier molecular flexibility index (Phi) is 7.14. The number of Topliss-reactive ketones (excluding diaryl/α,β-unsaturated/α-hetero) is 1. The second-order valence-electron chi connectivity index (χ2n) is 12.0. The molecule has 6 nitrogen and oxygen atoms in total. The molecule has 2 unspecified atom stereocenters. The number of ketones is 2. The third-order valence-electron chi connectivity index (χ3n) is 9.87. The van der Waals surface area contributed by atoms with Gasteiger partial charge in [0.15, 0.2) is 11.4 Å². The molecule has 5 rings (SSSR count). The second-order valence-corrected chi connectivity index (χ2v) is 12.0. The Labute approximate surface area is 226 Å². The minimum Gasteiger partial charge on any atom is -0.451 e. The van der Waals surface area contributed by atoms with E-state index in [-0.39, 0.29) is 30.0 Å². The van der Waals surface area contributed by atoms with E-state index in [1.54, 1.807) is 0 Å². The Morgan fingerprint density at radius 3 is 2.47 bits per heavy atom. The van der Waals surface area contributed by atoms with Crippen LogP contribution in [-0.4, -0.2) is 50.4 Å². The smallest absolute Gasteiger partial charge is 0.303 e. The standard InChI is InChI=1S/C32H41NO5/c1-6-37-19-29(36)32(38-20(2)34)16-15-28-26-13-9-22-17-24(35)12-14-25(22)30(26)27(18-31(28,32)3)21-7-10-23(11-8-21)33(4)5/h7-8,10-11,17,26-28H,6,9,12-16,18-19H2,1-5H3/t26?,27-,28?,31+,32+/m1/s1. The van der Waals surface area contributed by atoms with Gasteiger partial charge in [0.05, 0.1) is 0 Å². The largest absolute Gasteiger partial charge is 0.451 e. The van der Waals surface area contributed by atoms with Gasteiger partial charge in [-0.1, -0.05) is 24.6 Å². The van der Waals surface area contributed by atoms with Gasteiger partial charge in [0.1, 0.15) is 6.61 Å². The molecule has 6 heteroatoms. The Morgan fingerprint density at radius 1 is 1.08 bits per heavy atom. The highest BCUT2D eigenvalue weighted by Gasteiger charge is 2.68. The summed E-state index contributed by atoms with van der Waals surface area (Å²) in [7, 11) is 4.07. The summed E-state index contributed by atoms with van der Waals surface area (Å²) in [5, 5.41) is 0. The fourth-order valence-electron chi connectivity index (χ4n) is 8.19. The van der Waals surface area contributed by atoms with Gasteiger partial charge in [0, 0.05) is 51.1 Å². The maximum atomic E-state index is 13.8. The molecular weight excluding hydrogens is 478 g/mol. The van der Waals surface area contributed by atoms with Crippen LogP contribution >= 0.6 is 0 Å². The van der Waals surface area contributed by atoms with Crippen molar-refractivity contribution in [2.75, 3.05) is 32.2 Å². The van der Waals surface area contributed by atoms with E-state index in [2.05, 4.69) is 36.1 Å². The summed E-state index contributed by atoms with van der Waals surface area (Å²) in [6.07, 6.45) is 7.19. The Balaban J connectivity index is 1.66. The molecule has 0 heterocycles.